The van der Waals surface area contributed by atoms with Crippen LogP contribution in [-0.2, 0) is 19.2 Å². The smallest absolute Gasteiger partial charge is 0.342 e. The van der Waals surface area contributed by atoms with Gasteiger partial charge in [-0.2, -0.15) is 5.48 Å². The summed E-state index contributed by atoms with van der Waals surface area (Å²) in [7, 11) is 1.45. The monoisotopic (exact) mass is 545 g/mol. The molecule has 10 heteroatoms. The SMILES string of the molecule is [2H]C1C([2H])C([2H])N(C(=O)[C@H](CC2CCCC2)[C@H](CN2C(=O)N(C)C(C)(C)C2=O)C(=O)NOC(=O)c2ccccc2)C([2H])C1[2H]. The standard InChI is InChI=1S/C29H40N4O6/c1-29(2)27(37)33(28(38)31(29)3)19-23(24(34)30-39-26(36)21-14-6-4-7-15-21)22(18-20-12-8-9-13-20)25(35)32-16-10-5-11-17-32/h4,6-7,14-15,20,22-23H,5,8-13,16-19H2,1-3H3,(H,30,34)/t22-,23+/m1/s1/i5D,10D,11D,16D,17D/t5?,10?,11?,16?,17?,22-,23+. The summed E-state index contributed by atoms with van der Waals surface area (Å²) in [4.78, 5) is 75.3. The lowest BCUT2D eigenvalue weighted by molar-refractivity contribution is -0.148. The predicted octanol–water partition coefficient (Wildman–Crippen LogP) is 3.37. The molecule has 1 saturated carbocycles. The summed E-state index contributed by atoms with van der Waals surface area (Å²) in [5.41, 5.74) is 1.02. The van der Waals surface area contributed by atoms with Crippen LogP contribution < -0.4 is 5.48 Å². The van der Waals surface area contributed by atoms with Gasteiger partial charge in [-0.15, -0.1) is 0 Å². The molecule has 2 heterocycles. The maximum Gasteiger partial charge on any atom is 0.362 e. The van der Waals surface area contributed by atoms with Crippen LogP contribution in [0.15, 0.2) is 30.3 Å². The highest BCUT2D eigenvalue weighted by Crippen LogP contribution is 2.36. The van der Waals surface area contributed by atoms with Crippen LogP contribution >= 0.6 is 0 Å². The molecule has 1 N–H and O–H groups in total. The number of carbonyl (C=O) groups excluding carboxylic acids is 5. The van der Waals surface area contributed by atoms with E-state index in [9.17, 15) is 24.0 Å². The average molecular weight is 546 g/mol. The molecule has 1 aromatic rings. The van der Waals surface area contributed by atoms with E-state index >= 15 is 0 Å². The minimum atomic E-state index is -1.64. The Balaban J connectivity index is 1.71. The molecule has 3 fully saturated rings. The fourth-order valence-electron chi connectivity index (χ4n) is 5.32. The largest absolute Gasteiger partial charge is 0.362 e. The first-order chi connectivity index (χ1) is 20.7. The van der Waals surface area contributed by atoms with Gasteiger partial charge in [0.15, 0.2) is 0 Å². The quantitative estimate of drug-likeness (QED) is 0.396. The number of likely N-dealkylation sites (tertiary alicyclic amines) is 1. The van der Waals surface area contributed by atoms with Crippen molar-refractivity contribution in [2.24, 2.45) is 17.8 Å². The summed E-state index contributed by atoms with van der Waals surface area (Å²) in [5, 5.41) is 0. The normalized spacial score (nSPS) is 32.4. The van der Waals surface area contributed by atoms with E-state index in [2.05, 4.69) is 5.48 Å². The molecule has 4 rings (SSSR count). The Kier molecular flexibility index (Phi) is 6.99. The number of benzene rings is 1. The highest BCUT2D eigenvalue weighted by Gasteiger charge is 2.51. The van der Waals surface area contributed by atoms with Gasteiger partial charge >= 0.3 is 12.0 Å². The molecule has 2 aliphatic heterocycles. The number of imide groups is 1. The van der Waals surface area contributed by atoms with E-state index in [1.807, 2.05) is 0 Å². The molecule has 39 heavy (non-hydrogen) atoms. The fraction of sp³-hybridized carbons (Fsp3) is 0.621. The zero-order valence-electron chi connectivity index (χ0n) is 27.5. The van der Waals surface area contributed by atoms with Gasteiger partial charge in [0.05, 0.1) is 17.4 Å². The second-order valence-electron chi connectivity index (χ2n) is 10.8. The van der Waals surface area contributed by atoms with Gasteiger partial charge in [-0.1, -0.05) is 43.9 Å². The highest BCUT2D eigenvalue weighted by molar-refractivity contribution is 6.06. The van der Waals surface area contributed by atoms with E-state index in [0.29, 0.717) is 0 Å². The van der Waals surface area contributed by atoms with Crippen molar-refractivity contribution in [1.29, 1.82) is 0 Å². The Hall–Kier alpha value is -3.43. The first kappa shape index (κ1) is 22.4. The lowest BCUT2D eigenvalue weighted by Crippen LogP contribution is -2.51. The number of carbonyl (C=O) groups is 5. The Labute approximate surface area is 237 Å². The summed E-state index contributed by atoms with van der Waals surface area (Å²) >= 11 is 0. The van der Waals surface area contributed by atoms with Gasteiger partial charge in [0.1, 0.15) is 5.54 Å². The molecule has 1 aromatic carbocycles. The van der Waals surface area contributed by atoms with E-state index in [-0.39, 0.29) is 17.9 Å². The van der Waals surface area contributed by atoms with Gasteiger partial charge in [-0.25, -0.2) is 9.59 Å². The number of rotatable bonds is 8. The van der Waals surface area contributed by atoms with Gasteiger partial charge in [0, 0.05) is 33.5 Å². The van der Waals surface area contributed by atoms with E-state index in [4.69, 9.17) is 11.7 Å². The summed E-state index contributed by atoms with van der Waals surface area (Å²) in [5.74, 6) is -6.04. The maximum atomic E-state index is 14.3. The van der Waals surface area contributed by atoms with Crippen LogP contribution in [0.5, 0.6) is 0 Å². The van der Waals surface area contributed by atoms with E-state index < -0.39 is 85.9 Å². The number of nitrogens with one attached hydrogen (secondary N) is 1. The molecule has 3 aliphatic rings. The van der Waals surface area contributed by atoms with Crippen LogP contribution in [0.2, 0.25) is 0 Å². The molecular weight excluding hydrogens is 500 g/mol. The lowest BCUT2D eigenvalue weighted by Gasteiger charge is -2.35. The van der Waals surface area contributed by atoms with Crippen molar-refractivity contribution in [2.75, 3.05) is 26.6 Å². The molecule has 5 amide bonds. The predicted molar refractivity (Wildman–Crippen MR) is 143 cm³/mol. The second-order valence-corrected chi connectivity index (χ2v) is 10.8. The zero-order chi connectivity index (χ0) is 32.5. The molecule has 0 bridgehead atoms. The van der Waals surface area contributed by atoms with Crippen LogP contribution in [0.4, 0.5) is 4.79 Å². The third-order valence-corrected chi connectivity index (χ3v) is 7.93. The Morgan fingerprint density at radius 1 is 1.05 bits per heavy atom. The number of hydrogen-bond donors (Lipinski definition) is 1. The van der Waals surface area contributed by atoms with Crippen LogP contribution in [0.1, 0.15) is 82.4 Å². The molecule has 4 unspecified atom stereocenters. The zero-order valence-corrected chi connectivity index (χ0v) is 22.5. The molecular formula is C29H40N4O6. The number of hydroxylamine groups is 1. The highest BCUT2D eigenvalue weighted by atomic mass is 16.7. The van der Waals surface area contributed by atoms with Crippen molar-refractivity contribution >= 4 is 29.7 Å². The Morgan fingerprint density at radius 3 is 2.28 bits per heavy atom. The summed E-state index contributed by atoms with van der Waals surface area (Å²) in [6, 6.07) is 7.17. The molecule has 10 nitrogen and oxygen atoms in total. The summed E-state index contributed by atoms with van der Waals surface area (Å²) in [6.45, 7) is -0.722. The number of urea groups is 1. The maximum absolute atomic E-state index is 14.3. The molecule has 6 atom stereocenters. The van der Waals surface area contributed by atoms with E-state index in [1.165, 1.54) is 24.1 Å². The van der Waals surface area contributed by atoms with Crippen molar-refractivity contribution in [1.82, 2.24) is 20.2 Å². The number of amides is 5. The van der Waals surface area contributed by atoms with Gasteiger partial charge in [-0.05, 0) is 57.5 Å². The number of piperidine rings is 1. The average Bonchev–Trinajstić information content (AvgIpc) is 3.58. The summed E-state index contributed by atoms with van der Waals surface area (Å²) < 4.78 is 41.7. The molecule has 0 aromatic heterocycles. The van der Waals surface area contributed by atoms with E-state index in [0.717, 1.165) is 35.5 Å². The van der Waals surface area contributed by atoms with Crippen LogP contribution in [0.3, 0.4) is 0 Å². The number of nitrogens with zero attached hydrogens (tertiary/aromatic N) is 3. The lowest BCUT2D eigenvalue weighted by atomic mass is 9.81. The van der Waals surface area contributed by atoms with Gasteiger partial charge in [0.25, 0.3) is 11.8 Å². The number of hydrogen-bond acceptors (Lipinski definition) is 6. The topological polar surface area (TPSA) is 116 Å². The molecule has 2 saturated heterocycles. The minimum absolute atomic E-state index is 0.0177. The Bertz CT molecular complexity index is 1250. The third kappa shape index (κ3) is 6.25. The summed E-state index contributed by atoms with van der Waals surface area (Å²) in [6.07, 6.45) is -0.925. The third-order valence-electron chi connectivity index (χ3n) is 7.93. The van der Waals surface area contributed by atoms with Gasteiger partial charge in [-0.3, -0.25) is 19.3 Å². The van der Waals surface area contributed by atoms with Gasteiger partial charge < -0.3 is 14.6 Å². The first-order valence-electron chi connectivity index (χ1n) is 16.2. The fourth-order valence-corrected chi connectivity index (χ4v) is 5.32. The van der Waals surface area contributed by atoms with Crippen LogP contribution in [0.25, 0.3) is 0 Å². The van der Waals surface area contributed by atoms with Crippen molar-refractivity contribution in [3.05, 3.63) is 35.9 Å². The minimum Gasteiger partial charge on any atom is -0.342 e. The number of likely N-dealkylation sites (N-methyl/N-ethyl adjacent to an activating group) is 1. The van der Waals surface area contributed by atoms with Crippen molar-refractivity contribution in [3.63, 3.8) is 0 Å². The van der Waals surface area contributed by atoms with Crippen molar-refractivity contribution in [3.8, 4) is 0 Å². The Morgan fingerprint density at radius 2 is 1.69 bits per heavy atom. The van der Waals surface area contributed by atoms with Crippen LogP contribution in [-0.4, -0.2) is 76.6 Å². The van der Waals surface area contributed by atoms with Crippen molar-refractivity contribution < 1.29 is 35.7 Å². The van der Waals surface area contributed by atoms with E-state index in [1.54, 1.807) is 32.0 Å². The first-order valence-corrected chi connectivity index (χ1v) is 13.3. The molecule has 0 spiro atoms. The molecule has 1 aliphatic carbocycles. The van der Waals surface area contributed by atoms with Gasteiger partial charge in [0.2, 0.25) is 5.91 Å². The second kappa shape index (κ2) is 12.2. The van der Waals surface area contributed by atoms with Crippen LogP contribution in [0, 0.1) is 17.8 Å². The molecule has 212 valence electrons. The molecule has 0 radical (unpaired) electrons. The van der Waals surface area contributed by atoms with Crippen molar-refractivity contribution in [2.45, 2.75) is 70.7 Å².